The first-order chi connectivity index (χ1) is 12.8. The molecule has 1 aliphatic rings. The number of hydrogen-bond acceptors (Lipinski definition) is 4. The number of aryl methyl sites for hydroxylation is 2. The van der Waals surface area contributed by atoms with E-state index in [-0.39, 0.29) is 10.8 Å². The van der Waals surface area contributed by atoms with Gasteiger partial charge in [0.05, 0.1) is 4.90 Å². The lowest BCUT2D eigenvalue weighted by Crippen LogP contribution is -2.47. The van der Waals surface area contributed by atoms with Crippen LogP contribution < -0.4 is 4.72 Å². The predicted octanol–water partition coefficient (Wildman–Crippen LogP) is 2.49. The Kier molecular flexibility index (Phi) is 5.53. The highest BCUT2D eigenvalue weighted by Gasteiger charge is 2.22. The fourth-order valence-corrected chi connectivity index (χ4v) is 4.49. The van der Waals surface area contributed by atoms with Crippen LogP contribution in [0.25, 0.3) is 0 Å². The highest BCUT2D eigenvalue weighted by atomic mass is 32.2. The van der Waals surface area contributed by atoms with E-state index < -0.39 is 10.0 Å². The summed E-state index contributed by atoms with van der Waals surface area (Å²) >= 11 is 0. The molecule has 0 bridgehead atoms. The Morgan fingerprint density at radius 2 is 1.70 bits per heavy atom. The predicted molar refractivity (Wildman–Crippen MR) is 107 cm³/mol. The molecule has 6 nitrogen and oxygen atoms in total. The van der Waals surface area contributed by atoms with Crippen LogP contribution in [-0.4, -0.2) is 57.4 Å². The van der Waals surface area contributed by atoms with Crippen molar-refractivity contribution in [1.82, 2.24) is 9.80 Å². The van der Waals surface area contributed by atoms with Crippen molar-refractivity contribution in [2.45, 2.75) is 18.7 Å². The summed E-state index contributed by atoms with van der Waals surface area (Å²) in [5, 5.41) is 0. The number of likely N-dealkylation sites (N-methyl/N-ethyl adjacent to an activating group) is 1. The second-order valence-electron chi connectivity index (χ2n) is 7.05. The standard InChI is InChI=1S/C20H25N3O3S/c1-15-7-8-16(2)19(13-15)27(25,26)21-18-6-4-5-17(14-18)20(24)23-11-9-22(3)10-12-23/h4-8,13-14,21H,9-12H2,1-3H3. The van der Waals surface area contributed by atoms with E-state index in [4.69, 9.17) is 0 Å². The number of carbonyl (C=O) groups excluding carboxylic acids is 1. The molecule has 2 aromatic carbocycles. The number of carbonyl (C=O) groups is 1. The first-order valence-electron chi connectivity index (χ1n) is 8.94. The van der Waals surface area contributed by atoms with Gasteiger partial charge >= 0.3 is 0 Å². The Bertz CT molecular complexity index is 949. The number of nitrogens with one attached hydrogen (secondary N) is 1. The van der Waals surface area contributed by atoms with E-state index in [1.807, 2.05) is 20.0 Å². The van der Waals surface area contributed by atoms with Gasteiger partial charge in [-0.05, 0) is 56.3 Å². The van der Waals surface area contributed by atoms with E-state index in [1.165, 1.54) is 0 Å². The van der Waals surface area contributed by atoms with Crippen molar-refractivity contribution in [2.24, 2.45) is 0 Å². The molecule has 1 aliphatic heterocycles. The van der Waals surface area contributed by atoms with Crippen LogP contribution in [0.15, 0.2) is 47.4 Å². The number of nitrogens with zero attached hydrogens (tertiary/aromatic N) is 2. The molecule has 1 heterocycles. The molecule has 0 atom stereocenters. The molecule has 27 heavy (non-hydrogen) atoms. The van der Waals surface area contributed by atoms with E-state index in [1.54, 1.807) is 48.2 Å². The Morgan fingerprint density at radius 1 is 1.00 bits per heavy atom. The Balaban J connectivity index is 1.81. The largest absolute Gasteiger partial charge is 0.336 e. The van der Waals surface area contributed by atoms with Crippen LogP contribution in [0.5, 0.6) is 0 Å². The fourth-order valence-electron chi connectivity index (χ4n) is 3.11. The maximum absolute atomic E-state index is 12.8. The monoisotopic (exact) mass is 387 g/mol. The smallest absolute Gasteiger partial charge is 0.262 e. The average Bonchev–Trinajstić information content (AvgIpc) is 2.63. The average molecular weight is 388 g/mol. The van der Waals surface area contributed by atoms with Gasteiger partial charge in [0.1, 0.15) is 0 Å². The van der Waals surface area contributed by atoms with Gasteiger partial charge in [0.2, 0.25) is 0 Å². The molecule has 7 heteroatoms. The summed E-state index contributed by atoms with van der Waals surface area (Å²) in [6.07, 6.45) is 0. The van der Waals surface area contributed by atoms with Gasteiger partial charge in [0, 0.05) is 37.4 Å². The van der Waals surface area contributed by atoms with Crippen LogP contribution in [0.1, 0.15) is 21.5 Å². The molecule has 0 saturated carbocycles. The third kappa shape index (κ3) is 4.48. The molecule has 3 rings (SSSR count). The summed E-state index contributed by atoms with van der Waals surface area (Å²) in [5.74, 6) is -0.0733. The summed E-state index contributed by atoms with van der Waals surface area (Å²) in [6.45, 7) is 6.64. The van der Waals surface area contributed by atoms with E-state index >= 15 is 0 Å². The summed E-state index contributed by atoms with van der Waals surface area (Å²) in [4.78, 5) is 17.0. The highest BCUT2D eigenvalue weighted by molar-refractivity contribution is 7.92. The van der Waals surface area contributed by atoms with Crippen LogP contribution in [0.3, 0.4) is 0 Å². The van der Waals surface area contributed by atoms with Crippen LogP contribution in [0, 0.1) is 13.8 Å². The summed E-state index contributed by atoms with van der Waals surface area (Å²) in [6, 6.07) is 12.0. The molecule has 0 spiro atoms. The zero-order chi connectivity index (χ0) is 19.6. The van der Waals surface area contributed by atoms with Crippen LogP contribution >= 0.6 is 0 Å². The number of benzene rings is 2. The number of hydrogen-bond donors (Lipinski definition) is 1. The summed E-state index contributed by atoms with van der Waals surface area (Å²) < 4.78 is 28.2. The quantitative estimate of drug-likeness (QED) is 0.875. The van der Waals surface area contributed by atoms with Gasteiger partial charge in [0.25, 0.3) is 15.9 Å². The number of piperazine rings is 1. The van der Waals surface area contributed by atoms with Gasteiger partial charge in [-0.2, -0.15) is 0 Å². The van der Waals surface area contributed by atoms with Gasteiger partial charge in [0.15, 0.2) is 0 Å². The van der Waals surface area contributed by atoms with Crippen molar-refractivity contribution in [3.05, 3.63) is 59.2 Å². The molecule has 0 aliphatic carbocycles. The third-order valence-corrected chi connectivity index (χ3v) is 6.31. The normalized spacial score (nSPS) is 15.6. The van der Waals surface area contributed by atoms with Gasteiger partial charge in [-0.15, -0.1) is 0 Å². The molecular formula is C20H25N3O3S. The Morgan fingerprint density at radius 3 is 2.41 bits per heavy atom. The minimum atomic E-state index is -3.72. The highest BCUT2D eigenvalue weighted by Crippen LogP contribution is 2.22. The maximum Gasteiger partial charge on any atom is 0.262 e. The second-order valence-corrected chi connectivity index (χ2v) is 8.70. The minimum Gasteiger partial charge on any atom is -0.336 e. The second kappa shape index (κ2) is 7.70. The van der Waals surface area contributed by atoms with Crippen molar-refractivity contribution in [2.75, 3.05) is 37.9 Å². The van der Waals surface area contributed by atoms with Crippen molar-refractivity contribution in [3.63, 3.8) is 0 Å². The SMILES string of the molecule is Cc1ccc(C)c(S(=O)(=O)Nc2cccc(C(=O)N3CCN(C)CC3)c2)c1. The minimum absolute atomic E-state index is 0.0733. The van der Waals surface area contributed by atoms with Crippen LogP contribution in [0.4, 0.5) is 5.69 Å². The van der Waals surface area contributed by atoms with Crippen molar-refractivity contribution >= 4 is 21.6 Å². The lowest BCUT2D eigenvalue weighted by molar-refractivity contribution is 0.0664. The molecule has 2 aromatic rings. The lowest BCUT2D eigenvalue weighted by Gasteiger charge is -2.32. The number of rotatable bonds is 4. The lowest BCUT2D eigenvalue weighted by atomic mass is 10.1. The number of anilines is 1. The fraction of sp³-hybridized carbons (Fsp3) is 0.350. The van der Waals surface area contributed by atoms with Gasteiger partial charge < -0.3 is 9.80 Å². The first kappa shape index (κ1) is 19.4. The first-order valence-corrected chi connectivity index (χ1v) is 10.4. The molecule has 1 N–H and O–H groups in total. The molecule has 1 saturated heterocycles. The molecular weight excluding hydrogens is 362 g/mol. The molecule has 1 amide bonds. The molecule has 1 fully saturated rings. The van der Waals surface area contributed by atoms with Gasteiger partial charge in [-0.3, -0.25) is 9.52 Å². The van der Waals surface area contributed by atoms with E-state index in [9.17, 15) is 13.2 Å². The van der Waals surface area contributed by atoms with Crippen molar-refractivity contribution in [3.8, 4) is 0 Å². The summed E-state index contributed by atoms with van der Waals surface area (Å²) in [7, 11) is -1.69. The van der Waals surface area contributed by atoms with Crippen LogP contribution in [-0.2, 0) is 10.0 Å². The zero-order valence-electron chi connectivity index (χ0n) is 15.9. The van der Waals surface area contributed by atoms with Crippen molar-refractivity contribution < 1.29 is 13.2 Å². The maximum atomic E-state index is 12.8. The molecule has 144 valence electrons. The van der Waals surface area contributed by atoms with E-state index in [0.29, 0.717) is 29.9 Å². The molecule has 0 unspecified atom stereocenters. The topological polar surface area (TPSA) is 69.7 Å². The van der Waals surface area contributed by atoms with Crippen LogP contribution in [0.2, 0.25) is 0 Å². The summed E-state index contributed by atoms with van der Waals surface area (Å²) in [5.41, 5.74) is 2.43. The van der Waals surface area contributed by atoms with Gasteiger partial charge in [-0.25, -0.2) is 8.42 Å². The van der Waals surface area contributed by atoms with E-state index in [2.05, 4.69) is 9.62 Å². The van der Waals surface area contributed by atoms with Crippen molar-refractivity contribution in [1.29, 1.82) is 0 Å². The zero-order valence-corrected chi connectivity index (χ0v) is 16.7. The Hall–Kier alpha value is -2.38. The molecule has 0 radical (unpaired) electrons. The third-order valence-electron chi connectivity index (χ3n) is 4.79. The number of amides is 1. The Labute approximate surface area is 160 Å². The number of sulfonamides is 1. The molecule has 0 aromatic heterocycles. The van der Waals surface area contributed by atoms with E-state index in [0.717, 1.165) is 18.7 Å². The van der Waals surface area contributed by atoms with Gasteiger partial charge in [-0.1, -0.05) is 18.2 Å².